The number of hydrogen-bond donors (Lipinski definition) is 0. The van der Waals surface area contributed by atoms with Crippen LogP contribution in [-0.2, 0) is 11.3 Å². The number of benzene rings is 1. The molecule has 6 rings (SSSR count). The summed E-state index contributed by atoms with van der Waals surface area (Å²) in [6, 6.07) is 14.6. The molecular formula is C24H23N7O. The van der Waals surface area contributed by atoms with Crippen molar-refractivity contribution in [2.45, 2.75) is 13.5 Å². The Balaban J connectivity index is 1.49. The van der Waals surface area contributed by atoms with E-state index in [0.29, 0.717) is 19.8 Å². The Kier molecular flexibility index (Phi) is 4.57. The molecule has 0 bridgehead atoms. The van der Waals surface area contributed by atoms with Crippen molar-refractivity contribution in [1.82, 2.24) is 29.1 Å². The summed E-state index contributed by atoms with van der Waals surface area (Å²) in [7, 11) is 0. The van der Waals surface area contributed by atoms with Crippen LogP contribution in [0.25, 0.3) is 27.9 Å². The van der Waals surface area contributed by atoms with E-state index in [1.54, 1.807) is 6.33 Å². The second kappa shape index (κ2) is 7.72. The second-order valence-electron chi connectivity index (χ2n) is 8.08. The highest BCUT2D eigenvalue weighted by atomic mass is 16.5. The molecule has 0 aliphatic carbocycles. The molecule has 0 unspecified atom stereocenters. The van der Waals surface area contributed by atoms with Crippen molar-refractivity contribution in [3.63, 3.8) is 0 Å². The van der Waals surface area contributed by atoms with E-state index in [0.717, 1.165) is 52.5 Å². The normalized spacial score (nSPS) is 14.5. The molecule has 160 valence electrons. The summed E-state index contributed by atoms with van der Waals surface area (Å²) in [6.07, 6.45) is 5.44. The largest absolute Gasteiger partial charge is 0.378 e. The van der Waals surface area contributed by atoms with Gasteiger partial charge in [0.1, 0.15) is 18.0 Å². The van der Waals surface area contributed by atoms with Crippen molar-refractivity contribution < 1.29 is 4.74 Å². The molecule has 0 N–H and O–H groups in total. The van der Waals surface area contributed by atoms with Gasteiger partial charge in [-0.1, -0.05) is 18.2 Å². The smallest absolute Gasteiger partial charge is 0.155 e. The molecule has 8 heteroatoms. The van der Waals surface area contributed by atoms with Gasteiger partial charge in [0.25, 0.3) is 0 Å². The number of anilines is 1. The zero-order chi connectivity index (χ0) is 21.5. The average molecular weight is 425 g/mol. The van der Waals surface area contributed by atoms with E-state index < -0.39 is 0 Å². The molecule has 0 saturated carbocycles. The van der Waals surface area contributed by atoms with Gasteiger partial charge in [0.15, 0.2) is 5.65 Å². The van der Waals surface area contributed by atoms with Crippen molar-refractivity contribution in [3.05, 3.63) is 72.4 Å². The molecule has 1 aliphatic rings. The fourth-order valence-corrected chi connectivity index (χ4v) is 4.32. The Bertz CT molecular complexity index is 1410. The Labute approximate surface area is 185 Å². The minimum absolute atomic E-state index is 0.629. The van der Waals surface area contributed by atoms with E-state index in [1.165, 1.54) is 5.56 Å². The first-order valence-corrected chi connectivity index (χ1v) is 10.8. The molecule has 1 fully saturated rings. The van der Waals surface area contributed by atoms with Crippen LogP contribution in [0.2, 0.25) is 0 Å². The van der Waals surface area contributed by atoms with E-state index >= 15 is 0 Å². The molecule has 1 aliphatic heterocycles. The molecule has 0 atom stereocenters. The van der Waals surface area contributed by atoms with Gasteiger partial charge in [-0.15, -0.1) is 0 Å². The van der Waals surface area contributed by atoms with Gasteiger partial charge in [-0.25, -0.2) is 19.5 Å². The van der Waals surface area contributed by atoms with Gasteiger partial charge in [-0.05, 0) is 36.8 Å². The highest BCUT2D eigenvalue weighted by Crippen LogP contribution is 2.33. The first-order chi connectivity index (χ1) is 15.8. The Morgan fingerprint density at radius 2 is 1.94 bits per heavy atom. The predicted molar refractivity (Wildman–Crippen MR) is 123 cm³/mol. The topological polar surface area (TPSA) is 73.4 Å². The van der Waals surface area contributed by atoms with Crippen LogP contribution in [0.5, 0.6) is 0 Å². The number of fused-ring (bicyclic) bond motifs is 2. The van der Waals surface area contributed by atoms with Gasteiger partial charge in [-0.2, -0.15) is 5.10 Å². The number of morpholine rings is 1. The lowest BCUT2D eigenvalue weighted by atomic mass is 10.1. The Morgan fingerprint density at radius 3 is 2.84 bits per heavy atom. The third kappa shape index (κ3) is 3.29. The Hall–Kier alpha value is -3.78. The average Bonchev–Trinajstić information content (AvgIpc) is 3.49. The molecule has 4 aromatic heterocycles. The van der Waals surface area contributed by atoms with Crippen LogP contribution in [0.15, 0.2) is 61.2 Å². The van der Waals surface area contributed by atoms with Gasteiger partial charge in [0, 0.05) is 30.9 Å². The lowest BCUT2D eigenvalue weighted by molar-refractivity contribution is 0.122. The van der Waals surface area contributed by atoms with Crippen LogP contribution in [0.4, 0.5) is 5.82 Å². The molecule has 1 aromatic carbocycles. The number of ether oxygens (including phenoxy) is 1. The van der Waals surface area contributed by atoms with Crippen LogP contribution >= 0.6 is 0 Å². The first-order valence-electron chi connectivity index (χ1n) is 10.8. The van der Waals surface area contributed by atoms with Crippen molar-refractivity contribution in [2.24, 2.45) is 0 Å². The van der Waals surface area contributed by atoms with Crippen molar-refractivity contribution >= 4 is 22.4 Å². The standard InChI is InChI=1S/C24H23N7O/c1-17-5-6-18-14-20(24(28-21(18)13-17)29-9-11-32-12-10-29)23-25-7-8-30(23)15-19-3-2-4-22-26-16-27-31(19)22/h2-8,13-14,16H,9-12,15H2,1H3. The number of aromatic nitrogens is 6. The van der Waals surface area contributed by atoms with Gasteiger partial charge in [-0.3, -0.25) is 0 Å². The third-order valence-corrected chi connectivity index (χ3v) is 5.93. The van der Waals surface area contributed by atoms with Crippen LogP contribution in [0.1, 0.15) is 11.3 Å². The maximum absolute atomic E-state index is 5.59. The highest BCUT2D eigenvalue weighted by Gasteiger charge is 2.21. The fraction of sp³-hybridized carbons (Fsp3) is 0.250. The molecule has 5 aromatic rings. The summed E-state index contributed by atoms with van der Waals surface area (Å²) in [5.74, 6) is 1.84. The van der Waals surface area contributed by atoms with Crippen molar-refractivity contribution in [1.29, 1.82) is 0 Å². The zero-order valence-electron chi connectivity index (χ0n) is 17.8. The Morgan fingerprint density at radius 1 is 1.03 bits per heavy atom. The van der Waals surface area contributed by atoms with Gasteiger partial charge >= 0.3 is 0 Å². The molecule has 8 nitrogen and oxygen atoms in total. The van der Waals surface area contributed by atoms with E-state index in [4.69, 9.17) is 14.7 Å². The van der Waals surface area contributed by atoms with E-state index in [2.05, 4.69) is 56.8 Å². The van der Waals surface area contributed by atoms with Crippen LogP contribution in [0.3, 0.4) is 0 Å². The molecular weight excluding hydrogens is 402 g/mol. The maximum Gasteiger partial charge on any atom is 0.155 e. The van der Waals surface area contributed by atoms with Crippen LogP contribution in [-0.4, -0.2) is 55.4 Å². The monoisotopic (exact) mass is 425 g/mol. The molecule has 0 radical (unpaired) electrons. The molecule has 32 heavy (non-hydrogen) atoms. The number of hydrogen-bond acceptors (Lipinski definition) is 6. The third-order valence-electron chi connectivity index (χ3n) is 5.93. The summed E-state index contributed by atoms with van der Waals surface area (Å²) in [6.45, 7) is 5.77. The lowest BCUT2D eigenvalue weighted by Crippen LogP contribution is -2.37. The first kappa shape index (κ1) is 18.9. The summed E-state index contributed by atoms with van der Waals surface area (Å²) in [4.78, 5) is 16.5. The number of rotatable bonds is 4. The number of pyridine rings is 2. The maximum atomic E-state index is 5.59. The van der Waals surface area contributed by atoms with Gasteiger partial charge < -0.3 is 14.2 Å². The van der Waals surface area contributed by atoms with Gasteiger partial charge in [0.2, 0.25) is 0 Å². The van der Waals surface area contributed by atoms with E-state index in [-0.39, 0.29) is 0 Å². The molecule has 0 spiro atoms. The summed E-state index contributed by atoms with van der Waals surface area (Å²) < 4.78 is 9.61. The zero-order valence-corrected chi connectivity index (χ0v) is 17.8. The van der Waals surface area contributed by atoms with Gasteiger partial charge in [0.05, 0.1) is 36.5 Å². The lowest BCUT2D eigenvalue weighted by Gasteiger charge is -2.29. The highest BCUT2D eigenvalue weighted by molar-refractivity contribution is 5.88. The number of nitrogens with zero attached hydrogens (tertiary/aromatic N) is 7. The van der Waals surface area contributed by atoms with E-state index in [1.807, 2.05) is 29.0 Å². The second-order valence-corrected chi connectivity index (χ2v) is 8.08. The summed E-state index contributed by atoms with van der Waals surface area (Å²) in [5.41, 5.74) is 5.10. The molecule has 1 saturated heterocycles. The summed E-state index contributed by atoms with van der Waals surface area (Å²) in [5, 5.41) is 5.49. The SMILES string of the molecule is Cc1ccc2cc(-c3nccn3Cc3cccc4ncnn34)c(N3CCOCC3)nc2c1. The van der Waals surface area contributed by atoms with Crippen LogP contribution in [0, 0.1) is 6.92 Å². The quantitative estimate of drug-likeness (QED) is 0.440. The van der Waals surface area contributed by atoms with E-state index in [9.17, 15) is 0 Å². The summed E-state index contributed by atoms with van der Waals surface area (Å²) >= 11 is 0. The minimum atomic E-state index is 0.629. The van der Waals surface area contributed by atoms with Crippen molar-refractivity contribution in [3.8, 4) is 11.4 Å². The molecule has 0 amide bonds. The van der Waals surface area contributed by atoms with Crippen LogP contribution < -0.4 is 4.90 Å². The van der Waals surface area contributed by atoms with Crippen molar-refractivity contribution in [2.75, 3.05) is 31.2 Å². The fourth-order valence-electron chi connectivity index (χ4n) is 4.32. The number of aryl methyl sites for hydroxylation is 1. The number of imidazole rings is 1. The molecule has 5 heterocycles. The minimum Gasteiger partial charge on any atom is -0.378 e. The predicted octanol–water partition coefficient (Wildman–Crippen LogP) is 3.33.